The van der Waals surface area contributed by atoms with Gasteiger partial charge in [-0.1, -0.05) is 0 Å². The van der Waals surface area contributed by atoms with Gasteiger partial charge in [-0.25, -0.2) is 9.78 Å². The smallest absolute Gasteiger partial charge is 0.322 e. The van der Waals surface area contributed by atoms with Crippen LogP contribution in [0.1, 0.15) is 36.6 Å². The fourth-order valence-electron chi connectivity index (χ4n) is 2.93. The number of likely N-dealkylation sites (tertiary alicyclic amines) is 1. The average molecular weight is 322 g/mol. The van der Waals surface area contributed by atoms with Crippen molar-refractivity contribution in [2.75, 3.05) is 13.1 Å². The van der Waals surface area contributed by atoms with Crippen LogP contribution in [-0.2, 0) is 9.59 Å². The molecule has 2 aliphatic rings. The average Bonchev–Trinajstić information content (AvgIpc) is 3.15. The van der Waals surface area contributed by atoms with Crippen molar-refractivity contribution in [2.24, 2.45) is 0 Å². The highest BCUT2D eigenvalue weighted by atomic mass is 32.1. The Morgan fingerprint density at radius 3 is 3.00 bits per heavy atom. The highest BCUT2D eigenvalue weighted by Gasteiger charge is 2.31. The summed E-state index contributed by atoms with van der Waals surface area (Å²) in [5.41, 5.74) is 0. The fraction of sp³-hybridized carbons (Fsp3) is 0.571. The van der Waals surface area contributed by atoms with Crippen LogP contribution in [-0.4, -0.2) is 46.9 Å². The standard InChI is InChI=1S/C14H18N4O3S/c19-11(4-3-10-12(20)17-14(21)16-10)18-6-1-2-9(8-18)13-15-5-7-22-13/h5,7,9-10H,1-4,6,8H2,(H2,16,17,20,21). The summed E-state index contributed by atoms with van der Waals surface area (Å²) >= 11 is 1.63. The Labute approximate surface area is 132 Å². The van der Waals surface area contributed by atoms with E-state index >= 15 is 0 Å². The van der Waals surface area contributed by atoms with E-state index in [1.807, 2.05) is 10.3 Å². The Morgan fingerprint density at radius 2 is 2.32 bits per heavy atom. The summed E-state index contributed by atoms with van der Waals surface area (Å²) in [5.74, 6) is -0.000469. The van der Waals surface area contributed by atoms with Crippen LogP contribution in [0.15, 0.2) is 11.6 Å². The third kappa shape index (κ3) is 3.27. The minimum atomic E-state index is -0.587. The number of nitrogens with one attached hydrogen (secondary N) is 2. The SMILES string of the molecule is O=C1NC(=O)C(CCC(=O)N2CCCC(c3nccs3)C2)N1. The summed E-state index contributed by atoms with van der Waals surface area (Å²) < 4.78 is 0. The molecule has 2 fully saturated rings. The quantitative estimate of drug-likeness (QED) is 0.804. The molecule has 0 spiro atoms. The van der Waals surface area contributed by atoms with Crippen molar-refractivity contribution < 1.29 is 14.4 Å². The number of carbonyl (C=O) groups excluding carboxylic acids is 3. The van der Waals surface area contributed by atoms with E-state index in [1.54, 1.807) is 17.5 Å². The van der Waals surface area contributed by atoms with Crippen LogP contribution in [0, 0.1) is 0 Å². The first kappa shape index (κ1) is 15.0. The maximum absolute atomic E-state index is 12.3. The van der Waals surface area contributed by atoms with Gasteiger partial charge in [0.2, 0.25) is 5.91 Å². The first-order valence-electron chi connectivity index (χ1n) is 7.42. The largest absolute Gasteiger partial charge is 0.342 e. The monoisotopic (exact) mass is 322 g/mol. The minimum Gasteiger partial charge on any atom is -0.342 e. The van der Waals surface area contributed by atoms with Crippen LogP contribution in [0.4, 0.5) is 4.79 Å². The molecule has 2 unspecified atom stereocenters. The normalized spacial score (nSPS) is 25.0. The van der Waals surface area contributed by atoms with E-state index in [9.17, 15) is 14.4 Å². The molecule has 22 heavy (non-hydrogen) atoms. The number of thiazole rings is 1. The van der Waals surface area contributed by atoms with Gasteiger partial charge in [0, 0.05) is 37.0 Å². The number of urea groups is 1. The van der Waals surface area contributed by atoms with Gasteiger partial charge in [-0.3, -0.25) is 14.9 Å². The zero-order valence-corrected chi connectivity index (χ0v) is 12.9. The van der Waals surface area contributed by atoms with Gasteiger partial charge in [0.25, 0.3) is 5.91 Å². The van der Waals surface area contributed by atoms with E-state index in [4.69, 9.17) is 0 Å². The number of hydrogen-bond acceptors (Lipinski definition) is 5. The zero-order valence-electron chi connectivity index (χ0n) is 12.1. The molecule has 2 saturated heterocycles. The van der Waals surface area contributed by atoms with E-state index in [0.29, 0.717) is 18.9 Å². The van der Waals surface area contributed by atoms with Crippen LogP contribution in [0.2, 0.25) is 0 Å². The molecule has 1 aromatic heterocycles. The van der Waals surface area contributed by atoms with Gasteiger partial charge in [-0.05, 0) is 19.3 Å². The first-order chi connectivity index (χ1) is 10.6. The van der Waals surface area contributed by atoms with Crippen molar-refractivity contribution in [1.29, 1.82) is 0 Å². The number of rotatable bonds is 4. The van der Waals surface area contributed by atoms with Gasteiger partial charge >= 0.3 is 6.03 Å². The number of imide groups is 1. The minimum absolute atomic E-state index is 0.0372. The number of hydrogen-bond donors (Lipinski definition) is 2. The second kappa shape index (κ2) is 6.43. The number of nitrogens with zero attached hydrogens (tertiary/aromatic N) is 2. The Balaban J connectivity index is 1.51. The van der Waals surface area contributed by atoms with E-state index in [-0.39, 0.29) is 18.2 Å². The van der Waals surface area contributed by atoms with E-state index in [1.165, 1.54) is 0 Å². The lowest BCUT2D eigenvalue weighted by Crippen LogP contribution is -2.40. The van der Waals surface area contributed by atoms with Crippen molar-refractivity contribution in [3.8, 4) is 0 Å². The maximum atomic E-state index is 12.3. The Hall–Kier alpha value is -1.96. The van der Waals surface area contributed by atoms with Crippen molar-refractivity contribution >= 4 is 29.2 Å². The summed E-state index contributed by atoms with van der Waals surface area (Å²) in [6, 6.07) is -1.07. The zero-order chi connectivity index (χ0) is 15.5. The van der Waals surface area contributed by atoms with Crippen molar-refractivity contribution in [3.05, 3.63) is 16.6 Å². The lowest BCUT2D eigenvalue weighted by molar-refractivity contribution is -0.132. The van der Waals surface area contributed by atoms with Crippen LogP contribution in [0.5, 0.6) is 0 Å². The summed E-state index contributed by atoms with van der Waals surface area (Å²) in [6.07, 6.45) is 4.43. The van der Waals surface area contributed by atoms with Crippen LogP contribution >= 0.6 is 11.3 Å². The molecule has 2 N–H and O–H groups in total. The second-order valence-corrected chi connectivity index (χ2v) is 6.53. The number of carbonyl (C=O) groups is 3. The Kier molecular flexibility index (Phi) is 4.37. The fourth-order valence-corrected chi connectivity index (χ4v) is 3.70. The van der Waals surface area contributed by atoms with E-state index in [2.05, 4.69) is 15.6 Å². The molecule has 0 aliphatic carbocycles. The van der Waals surface area contributed by atoms with Crippen LogP contribution < -0.4 is 10.6 Å². The van der Waals surface area contributed by atoms with Crippen LogP contribution in [0.3, 0.4) is 0 Å². The molecule has 3 rings (SSSR count). The van der Waals surface area contributed by atoms with Crippen molar-refractivity contribution in [3.63, 3.8) is 0 Å². The highest BCUT2D eigenvalue weighted by molar-refractivity contribution is 7.09. The molecule has 2 aliphatic heterocycles. The van der Waals surface area contributed by atoms with Crippen LogP contribution in [0.25, 0.3) is 0 Å². The molecule has 0 radical (unpaired) electrons. The topological polar surface area (TPSA) is 91.4 Å². The first-order valence-corrected chi connectivity index (χ1v) is 8.30. The van der Waals surface area contributed by atoms with Gasteiger partial charge in [0.05, 0.1) is 5.01 Å². The molecule has 0 saturated carbocycles. The third-order valence-electron chi connectivity index (χ3n) is 4.08. The number of amides is 4. The lowest BCUT2D eigenvalue weighted by atomic mass is 9.98. The summed E-state index contributed by atoms with van der Waals surface area (Å²) in [6.45, 7) is 1.44. The van der Waals surface area contributed by atoms with Gasteiger partial charge < -0.3 is 10.2 Å². The van der Waals surface area contributed by atoms with Crippen molar-refractivity contribution in [1.82, 2.24) is 20.5 Å². The molecular weight excluding hydrogens is 304 g/mol. The number of aromatic nitrogens is 1. The van der Waals surface area contributed by atoms with Gasteiger partial charge in [0.15, 0.2) is 0 Å². The molecule has 0 aromatic carbocycles. The molecule has 2 atom stereocenters. The van der Waals surface area contributed by atoms with E-state index in [0.717, 1.165) is 24.4 Å². The predicted molar refractivity (Wildman–Crippen MR) is 80.4 cm³/mol. The van der Waals surface area contributed by atoms with Gasteiger partial charge in [0.1, 0.15) is 6.04 Å². The second-order valence-electron chi connectivity index (χ2n) is 5.60. The molecule has 7 nitrogen and oxygen atoms in total. The molecular formula is C14H18N4O3S. The number of piperidine rings is 1. The van der Waals surface area contributed by atoms with Crippen molar-refractivity contribution in [2.45, 2.75) is 37.6 Å². The highest BCUT2D eigenvalue weighted by Crippen LogP contribution is 2.28. The van der Waals surface area contributed by atoms with Gasteiger partial charge in [-0.15, -0.1) is 11.3 Å². The summed E-state index contributed by atoms with van der Waals surface area (Å²) in [4.78, 5) is 41.0. The maximum Gasteiger partial charge on any atom is 0.322 e. The predicted octanol–water partition coefficient (Wildman–Crippen LogP) is 0.837. The lowest BCUT2D eigenvalue weighted by Gasteiger charge is -2.32. The summed E-state index contributed by atoms with van der Waals surface area (Å²) in [5, 5.41) is 7.73. The van der Waals surface area contributed by atoms with E-state index < -0.39 is 12.1 Å². The molecule has 1 aromatic rings. The molecule has 118 valence electrons. The molecule has 4 amide bonds. The molecule has 8 heteroatoms. The molecule has 0 bridgehead atoms. The summed E-state index contributed by atoms with van der Waals surface area (Å²) in [7, 11) is 0. The van der Waals surface area contributed by atoms with Gasteiger partial charge in [-0.2, -0.15) is 0 Å². The molecule has 3 heterocycles. The Bertz CT molecular complexity index is 575. The Morgan fingerprint density at radius 1 is 1.45 bits per heavy atom. The third-order valence-corrected chi connectivity index (χ3v) is 5.02.